The maximum atomic E-state index is 12.0. The van der Waals surface area contributed by atoms with Crippen LogP contribution in [0.3, 0.4) is 0 Å². The molecule has 0 saturated carbocycles. The smallest absolute Gasteiger partial charge is 0.305 e. The third kappa shape index (κ3) is 6.27. The van der Waals surface area contributed by atoms with Gasteiger partial charge in [-0.15, -0.1) is 0 Å². The largest absolute Gasteiger partial charge is 0.484 e. The molecule has 21 heavy (non-hydrogen) atoms. The number of rotatable bonds is 9. The average molecular weight is 295 g/mol. The van der Waals surface area contributed by atoms with Crippen LogP contribution in [0.4, 0.5) is 0 Å². The summed E-state index contributed by atoms with van der Waals surface area (Å²) < 4.78 is 5.42. The Hall–Kier alpha value is -2.08. The Morgan fingerprint density at radius 2 is 2.05 bits per heavy atom. The Morgan fingerprint density at radius 3 is 2.67 bits per heavy atom. The summed E-state index contributed by atoms with van der Waals surface area (Å²) in [4.78, 5) is 23.8. The number of aliphatic hydroxyl groups is 1. The van der Waals surface area contributed by atoms with E-state index >= 15 is 0 Å². The monoisotopic (exact) mass is 295 g/mol. The predicted octanol–water partition coefficient (Wildman–Crippen LogP) is 0.923. The maximum absolute atomic E-state index is 12.0. The number of nitrogens with zero attached hydrogens (tertiary/aromatic N) is 1. The van der Waals surface area contributed by atoms with Gasteiger partial charge in [0.15, 0.2) is 6.61 Å². The number of carboxylic acid groups (broad SMARTS) is 1. The normalized spacial score (nSPS) is 10.2. The first-order chi connectivity index (χ1) is 10.1. The van der Waals surface area contributed by atoms with Gasteiger partial charge in [-0.1, -0.05) is 19.1 Å². The van der Waals surface area contributed by atoms with E-state index in [2.05, 4.69) is 0 Å². The van der Waals surface area contributed by atoms with Crippen molar-refractivity contribution in [2.75, 3.05) is 26.3 Å². The number of carbonyl (C=O) groups is 2. The molecule has 0 aliphatic heterocycles. The van der Waals surface area contributed by atoms with Crippen molar-refractivity contribution in [3.63, 3.8) is 0 Å². The van der Waals surface area contributed by atoms with Crippen LogP contribution in [0.15, 0.2) is 24.3 Å². The Kier molecular flexibility index (Phi) is 7.25. The average Bonchev–Trinajstić information content (AvgIpc) is 2.49. The zero-order valence-corrected chi connectivity index (χ0v) is 12.1. The zero-order valence-electron chi connectivity index (χ0n) is 12.1. The van der Waals surface area contributed by atoms with E-state index in [0.29, 0.717) is 5.75 Å². The van der Waals surface area contributed by atoms with Gasteiger partial charge in [0.2, 0.25) is 0 Å². The summed E-state index contributed by atoms with van der Waals surface area (Å²) >= 11 is 0. The van der Waals surface area contributed by atoms with E-state index in [-0.39, 0.29) is 38.6 Å². The van der Waals surface area contributed by atoms with Gasteiger partial charge in [0.1, 0.15) is 5.75 Å². The Bertz CT molecular complexity index is 475. The highest BCUT2D eigenvalue weighted by molar-refractivity contribution is 5.78. The number of carbonyl (C=O) groups excluding carboxylic acids is 1. The summed E-state index contributed by atoms with van der Waals surface area (Å²) in [5, 5.41) is 17.6. The second-order valence-corrected chi connectivity index (χ2v) is 4.54. The molecule has 0 saturated heterocycles. The molecule has 1 rings (SSSR count). The molecular weight excluding hydrogens is 274 g/mol. The second-order valence-electron chi connectivity index (χ2n) is 4.54. The highest BCUT2D eigenvalue weighted by Crippen LogP contribution is 2.13. The molecule has 1 aromatic carbocycles. The highest BCUT2D eigenvalue weighted by Gasteiger charge is 2.15. The molecule has 1 amide bonds. The minimum atomic E-state index is -0.984. The van der Waals surface area contributed by atoms with Gasteiger partial charge < -0.3 is 19.8 Å². The van der Waals surface area contributed by atoms with Gasteiger partial charge in [0.05, 0.1) is 13.0 Å². The second kappa shape index (κ2) is 8.97. The molecule has 1 aromatic rings. The predicted molar refractivity (Wildman–Crippen MR) is 77.2 cm³/mol. The van der Waals surface area contributed by atoms with Gasteiger partial charge in [-0.3, -0.25) is 9.59 Å². The fourth-order valence-corrected chi connectivity index (χ4v) is 1.80. The fraction of sp³-hybridized carbons (Fsp3) is 0.467. The van der Waals surface area contributed by atoms with Crippen LogP contribution in [0.5, 0.6) is 5.75 Å². The Balaban J connectivity index is 2.53. The van der Waals surface area contributed by atoms with Crippen molar-refractivity contribution in [1.82, 2.24) is 4.90 Å². The molecular formula is C15H21NO5. The number of hydrogen-bond donors (Lipinski definition) is 2. The molecule has 0 spiro atoms. The number of benzene rings is 1. The lowest BCUT2D eigenvalue weighted by molar-refractivity contribution is -0.139. The summed E-state index contributed by atoms with van der Waals surface area (Å²) in [5.74, 6) is -0.723. The third-order valence-electron chi connectivity index (χ3n) is 2.99. The maximum Gasteiger partial charge on any atom is 0.305 e. The van der Waals surface area contributed by atoms with E-state index < -0.39 is 5.97 Å². The van der Waals surface area contributed by atoms with Crippen molar-refractivity contribution in [3.8, 4) is 5.75 Å². The number of carboxylic acids is 1. The molecule has 0 aromatic heterocycles. The van der Waals surface area contributed by atoms with Crippen LogP contribution in [-0.2, 0) is 16.0 Å². The standard InChI is InChI=1S/C15H21NO5/c1-2-12-4-3-5-13(10-12)21-11-14(18)16(8-9-17)7-6-15(19)20/h3-5,10,17H,2,6-9,11H2,1H3,(H,19,20). The molecule has 0 aliphatic carbocycles. The molecule has 6 nitrogen and oxygen atoms in total. The Labute approximate surface area is 124 Å². The Morgan fingerprint density at radius 1 is 1.29 bits per heavy atom. The van der Waals surface area contributed by atoms with Gasteiger partial charge in [-0.05, 0) is 24.1 Å². The van der Waals surface area contributed by atoms with Gasteiger partial charge in [-0.2, -0.15) is 0 Å². The first kappa shape index (κ1) is 17.0. The van der Waals surface area contributed by atoms with E-state index in [0.717, 1.165) is 12.0 Å². The lowest BCUT2D eigenvalue weighted by Gasteiger charge is -2.21. The number of hydrogen-bond acceptors (Lipinski definition) is 4. The van der Waals surface area contributed by atoms with Gasteiger partial charge in [0, 0.05) is 13.1 Å². The van der Waals surface area contributed by atoms with Crippen LogP contribution < -0.4 is 4.74 Å². The highest BCUT2D eigenvalue weighted by atomic mass is 16.5. The number of aliphatic hydroxyl groups excluding tert-OH is 1. The summed E-state index contributed by atoms with van der Waals surface area (Å²) in [6.45, 7) is 1.81. The number of aliphatic carboxylic acids is 1. The van der Waals surface area contributed by atoms with Gasteiger partial charge in [-0.25, -0.2) is 0 Å². The number of aryl methyl sites for hydroxylation is 1. The summed E-state index contributed by atoms with van der Waals surface area (Å²) in [5.41, 5.74) is 1.11. The molecule has 0 radical (unpaired) electrons. The molecule has 116 valence electrons. The van der Waals surface area contributed by atoms with Crippen molar-refractivity contribution in [3.05, 3.63) is 29.8 Å². The number of ether oxygens (including phenoxy) is 1. The lowest BCUT2D eigenvalue weighted by Crippen LogP contribution is -2.38. The van der Waals surface area contributed by atoms with E-state index in [4.69, 9.17) is 14.9 Å². The van der Waals surface area contributed by atoms with Crippen molar-refractivity contribution in [2.24, 2.45) is 0 Å². The molecule has 0 atom stereocenters. The van der Waals surface area contributed by atoms with E-state index in [1.54, 1.807) is 6.07 Å². The van der Waals surface area contributed by atoms with Crippen LogP contribution in [0, 0.1) is 0 Å². The molecule has 0 fully saturated rings. The first-order valence-corrected chi connectivity index (χ1v) is 6.89. The summed E-state index contributed by atoms with van der Waals surface area (Å²) in [7, 11) is 0. The van der Waals surface area contributed by atoms with Gasteiger partial charge >= 0.3 is 5.97 Å². The molecule has 6 heteroatoms. The molecule has 0 unspecified atom stereocenters. The third-order valence-corrected chi connectivity index (χ3v) is 2.99. The quantitative estimate of drug-likeness (QED) is 0.707. The van der Waals surface area contributed by atoms with Crippen molar-refractivity contribution in [1.29, 1.82) is 0 Å². The first-order valence-electron chi connectivity index (χ1n) is 6.89. The van der Waals surface area contributed by atoms with Crippen LogP contribution in [0.1, 0.15) is 18.9 Å². The summed E-state index contributed by atoms with van der Waals surface area (Å²) in [6.07, 6.45) is 0.720. The molecule has 2 N–H and O–H groups in total. The van der Waals surface area contributed by atoms with E-state index in [1.807, 2.05) is 25.1 Å². The summed E-state index contributed by atoms with van der Waals surface area (Å²) in [6, 6.07) is 7.45. The van der Waals surface area contributed by atoms with Crippen molar-refractivity contribution >= 4 is 11.9 Å². The lowest BCUT2D eigenvalue weighted by atomic mass is 10.2. The van der Waals surface area contributed by atoms with Crippen LogP contribution >= 0.6 is 0 Å². The molecule has 0 heterocycles. The minimum absolute atomic E-state index is 0.0626. The topological polar surface area (TPSA) is 87.1 Å². The number of amides is 1. The van der Waals surface area contributed by atoms with E-state index in [9.17, 15) is 9.59 Å². The zero-order chi connectivity index (χ0) is 15.7. The van der Waals surface area contributed by atoms with Crippen molar-refractivity contribution in [2.45, 2.75) is 19.8 Å². The fourth-order valence-electron chi connectivity index (χ4n) is 1.80. The van der Waals surface area contributed by atoms with Crippen LogP contribution in [0.2, 0.25) is 0 Å². The SMILES string of the molecule is CCc1cccc(OCC(=O)N(CCO)CCC(=O)O)c1. The minimum Gasteiger partial charge on any atom is -0.484 e. The van der Waals surface area contributed by atoms with Gasteiger partial charge in [0.25, 0.3) is 5.91 Å². The van der Waals surface area contributed by atoms with Crippen molar-refractivity contribution < 1.29 is 24.5 Å². The molecule has 0 aliphatic rings. The van der Waals surface area contributed by atoms with Crippen LogP contribution in [0.25, 0.3) is 0 Å². The molecule has 0 bridgehead atoms. The van der Waals surface area contributed by atoms with E-state index in [1.165, 1.54) is 4.90 Å². The van der Waals surface area contributed by atoms with Crippen LogP contribution in [-0.4, -0.2) is 53.3 Å².